The SMILES string of the molecule is F.O=S(=O)([O-])[O-].[ClH2+].[ClH2+]. The molecule has 0 spiro atoms. The average molecular weight is 191 g/mol. The zero-order chi connectivity index (χ0) is 4.50. The fourth-order valence-electron chi connectivity index (χ4n) is 0. The number of hydrogen-bond acceptors (Lipinski definition) is 4. The fourth-order valence-corrected chi connectivity index (χ4v) is 0. The minimum absolute atomic E-state index is 0. The highest BCUT2D eigenvalue weighted by Gasteiger charge is 1.49. The van der Waals surface area contributed by atoms with Crippen LogP contribution in [0.2, 0.25) is 0 Å². The second-order valence-electron chi connectivity index (χ2n) is 0.408. The predicted octanol–water partition coefficient (Wildman–Crippen LogP) is -2.26. The monoisotopic (exact) mass is 190 g/mol. The lowest BCUT2D eigenvalue weighted by Gasteiger charge is -2.06. The van der Waals surface area contributed by atoms with Crippen molar-refractivity contribution in [2.45, 2.75) is 0 Å². The summed E-state index contributed by atoms with van der Waals surface area (Å²) < 4.78 is 34.1. The molecule has 0 aliphatic rings. The number of rotatable bonds is 0. The lowest BCUT2D eigenvalue weighted by Crippen LogP contribution is -1.91. The second-order valence-corrected chi connectivity index (χ2v) is 1.22. The van der Waals surface area contributed by atoms with E-state index < -0.39 is 10.4 Å². The van der Waals surface area contributed by atoms with Crippen molar-refractivity contribution in [2.75, 3.05) is 0 Å². The fraction of sp³-hybridized carbons (Fsp3) is 0. The molecular formula is H5Cl2FO4S. The van der Waals surface area contributed by atoms with Gasteiger partial charge in [-0.15, -0.1) is 0 Å². The van der Waals surface area contributed by atoms with Gasteiger partial charge in [-0.1, -0.05) is 0 Å². The summed E-state index contributed by atoms with van der Waals surface area (Å²) in [6, 6.07) is 0. The van der Waals surface area contributed by atoms with Gasteiger partial charge in [-0.05, 0) is 0 Å². The van der Waals surface area contributed by atoms with E-state index in [1.54, 1.807) is 0 Å². The lowest BCUT2D eigenvalue weighted by atomic mass is 15.8. The molecule has 0 fully saturated rings. The predicted molar refractivity (Wildman–Crippen MR) is 18.6 cm³/mol. The summed E-state index contributed by atoms with van der Waals surface area (Å²) in [5.74, 6) is 0. The highest BCUT2D eigenvalue weighted by Crippen LogP contribution is 1.57. The number of hydrogen-bond donors (Lipinski definition) is 0. The van der Waals surface area contributed by atoms with E-state index in [1.165, 1.54) is 0 Å². The topological polar surface area (TPSA) is 80.3 Å². The molecule has 0 bridgehead atoms. The van der Waals surface area contributed by atoms with Gasteiger partial charge < -0.3 is 9.11 Å². The Morgan fingerprint density at radius 3 is 1.00 bits per heavy atom. The van der Waals surface area contributed by atoms with Crippen LogP contribution in [0, 0.1) is 24.8 Å². The molecular weight excluding hydrogens is 186 g/mol. The molecule has 56 valence electrons. The Labute approximate surface area is 58.0 Å². The van der Waals surface area contributed by atoms with Gasteiger partial charge in [-0.2, -0.15) is 0 Å². The summed E-state index contributed by atoms with van der Waals surface area (Å²) in [6.07, 6.45) is 0. The molecule has 0 heterocycles. The van der Waals surface area contributed by atoms with E-state index in [1.807, 2.05) is 0 Å². The van der Waals surface area contributed by atoms with Crippen molar-refractivity contribution in [3.63, 3.8) is 0 Å². The molecule has 0 aliphatic heterocycles. The van der Waals surface area contributed by atoms with Crippen molar-refractivity contribution in [3.05, 3.63) is 0 Å². The maximum atomic E-state index is 8.52. The van der Waals surface area contributed by atoms with E-state index in [0.717, 1.165) is 0 Å². The molecule has 0 aliphatic carbocycles. The molecule has 0 radical (unpaired) electrons. The van der Waals surface area contributed by atoms with Gasteiger partial charge in [0.05, 0.1) is 24.8 Å². The van der Waals surface area contributed by atoms with E-state index >= 15 is 0 Å². The van der Waals surface area contributed by atoms with Crippen LogP contribution in [0.4, 0.5) is 4.70 Å². The third kappa shape index (κ3) is 1280. The summed E-state index contributed by atoms with van der Waals surface area (Å²) >= 11 is 0. The molecule has 0 aromatic carbocycles. The first-order valence-electron chi connectivity index (χ1n) is 0.667. The molecule has 0 saturated heterocycles. The second kappa shape index (κ2) is 7.38. The van der Waals surface area contributed by atoms with Crippen LogP contribution in [0.15, 0.2) is 0 Å². The molecule has 0 atom stereocenters. The van der Waals surface area contributed by atoms with Crippen LogP contribution in [0.25, 0.3) is 0 Å². The zero-order valence-corrected chi connectivity index (χ0v) is 5.95. The maximum Gasteiger partial charge on any atom is 0.0903 e. The van der Waals surface area contributed by atoms with Gasteiger partial charge in [0.1, 0.15) is 0 Å². The molecule has 4 nitrogen and oxygen atoms in total. The molecule has 8 heteroatoms. The standard InChI is InChI=1S/2ClH2.FH.H2O4S/c;;;1-5(2,3)4/h2*1H2;1H;(H2,1,2,3,4)/q2*+1;;/p-2. The van der Waals surface area contributed by atoms with Crippen molar-refractivity contribution in [3.8, 4) is 0 Å². The Morgan fingerprint density at radius 2 is 1.00 bits per heavy atom. The van der Waals surface area contributed by atoms with Gasteiger partial charge in [0.25, 0.3) is 0 Å². The van der Waals surface area contributed by atoms with Crippen molar-refractivity contribution in [1.29, 1.82) is 0 Å². The molecule has 8 heavy (non-hydrogen) atoms. The molecule has 0 amide bonds. The lowest BCUT2D eigenvalue weighted by molar-refractivity contribution is -0.001000. The Balaban J connectivity index is -0.0000000267. The van der Waals surface area contributed by atoms with Crippen LogP contribution in [0.5, 0.6) is 0 Å². The minimum Gasteiger partial charge on any atom is -0.759 e. The first kappa shape index (κ1) is 23.8. The van der Waals surface area contributed by atoms with Crippen LogP contribution in [-0.2, 0) is 10.4 Å². The largest absolute Gasteiger partial charge is 0.759 e. The summed E-state index contributed by atoms with van der Waals surface area (Å²) in [5.41, 5.74) is 0. The Kier molecular flexibility index (Phi) is 21.9. The van der Waals surface area contributed by atoms with Crippen molar-refractivity contribution in [2.24, 2.45) is 0 Å². The van der Waals surface area contributed by atoms with E-state index in [0.29, 0.717) is 0 Å². The van der Waals surface area contributed by atoms with Crippen LogP contribution >= 0.6 is 0 Å². The molecule has 0 unspecified atom stereocenters. The minimum atomic E-state index is -5.17. The van der Waals surface area contributed by atoms with Crippen LogP contribution in [-0.4, -0.2) is 17.5 Å². The maximum absolute atomic E-state index is 8.52. The Morgan fingerprint density at radius 1 is 1.00 bits per heavy atom. The summed E-state index contributed by atoms with van der Waals surface area (Å²) in [6.45, 7) is 0. The van der Waals surface area contributed by atoms with Crippen molar-refractivity contribution < 1.29 is 47.0 Å². The Hall–Kier alpha value is 0.380. The quantitative estimate of drug-likeness (QED) is 0.319. The zero-order valence-electron chi connectivity index (χ0n) is 3.34. The molecule has 0 rings (SSSR count). The molecule has 0 N–H and O–H groups in total. The molecule has 0 saturated carbocycles. The summed E-state index contributed by atoms with van der Waals surface area (Å²) in [4.78, 5) is 0. The van der Waals surface area contributed by atoms with Gasteiger partial charge >= 0.3 is 0 Å². The normalized spacial score (nSPS) is 7.25. The first-order chi connectivity index (χ1) is 2.00. The van der Waals surface area contributed by atoms with Crippen LogP contribution in [0.3, 0.4) is 0 Å². The summed E-state index contributed by atoms with van der Waals surface area (Å²) in [7, 11) is -5.17. The Bertz CT molecular complexity index is 97.2. The van der Waals surface area contributed by atoms with E-state index in [2.05, 4.69) is 0 Å². The number of halogens is 3. The van der Waals surface area contributed by atoms with Gasteiger partial charge in [-0.25, -0.2) is 0 Å². The van der Waals surface area contributed by atoms with E-state index in [9.17, 15) is 0 Å². The highest BCUT2D eigenvalue weighted by atomic mass is 35.5. The summed E-state index contributed by atoms with van der Waals surface area (Å²) in [5, 5.41) is 0. The van der Waals surface area contributed by atoms with Gasteiger partial charge in [0.15, 0.2) is 0 Å². The molecule has 0 aromatic rings. The average Bonchev–Trinajstić information content (AvgIpc) is 0.722. The van der Waals surface area contributed by atoms with Crippen LogP contribution in [0.1, 0.15) is 0 Å². The van der Waals surface area contributed by atoms with Crippen molar-refractivity contribution >= 4 is 10.4 Å². The first-order valence-corrected chi connectivity index (χ1v) is 2.00. The molecule has 0 aromatic heterocycles. The third-order valence-electron chi connectivity index (χ3n) is 0. The van der Waals surface area contributed by atoms with E-state index in [4.69, 9.17) is 17.5 Å². The third-order valence-corrected chi connectivity index (χ3v) is 0. The highest BCUT2D eigenvalue weighted by molar-refractivity contribution is 7.79. The smallest absolute Gasteiger partial charge is 0.0903 e. The van der Waals surface area contributed by atoms with Gasteiger partial charge in [0.2, 0.25) is 0 Å². The van der Waals surface area contributed by atoms with Crippen LogP contribution < -0.4 is 0 Å². The van der Waals surface area contributed by atoms with Gasteiger partial charge in [-0.3, -0.25) is 13.1 Å². The van der Waals surface area contributed by atoms with Gasteiger partial charge in [0, 0.05) is 10.4 Å². The van der Waals surface area contributed by atoms with Crippen molar-refractivity contribution in [1.82, 2.24) is 0 Å². The van der Waals surface area contributed by atoms with E-state index in [-0.39, 0.29) is 29.5 Å².